The van der Waals surface area contributed by atoms with Crippen molar-refractivity contribution < 1.29 is 4.74 Å². The minimum atomic E-state index is 0.553. The van der Waals surface area contributed by atoms with Crippen LogP contribution in [0.15, 0.2) is 11.1 Å². The number of rotatable bonds is 6. The fourth-order valence-corrected chi connectivity index (χ4v) is 2.47. The summed E-state index contributed by atoms with van der Waals surface area (Å²) in [4.78, 5) is 8.78. The first-order chi connectivity index (χ1) is 7.79. The summed E-state index contributed by atoms with van der Waals surface area (Å²) in [7, 11) is 1.72. The lowest BCUT2D eigenvalue weighted by Crippen LogP contribution is -1.96. The lowest BCUT2D eigenvalue weighted by molar-refractivity contribution is 0.200. The first kappa shape index (κ1) is 12.1. The molecule has 0 amide bonds. The molecule has 1 heterocycles. The SMILES string of the molecule is COCCCSc1cc(Cl)nc(C2CC2)n1. The van der Waals surface area contributed by atoms with Gasteiger partial charge in [-0.1, -0.05) is 11.6 Å². The fraction of sp³-hybridized carbons (Fsp3) is 0.636. The van der Waals surface area contributed by atoms with Gasteiger partial charge in [0.1, 0.15) is 16.0 Å². The highest BCUT2D eigenvalue weighted by Crippen LogP contribution is 2.39. The molecule has 0 radical (unpaired) electrons. The Balaban J connectivity index is 1.92. The molecule has 1 saturated carbocycles. The Labute approximate surface area is 105 Å². The van der Waals surface area contributed by atoms with Gasteiger partial charge in [0.05, 0.1) is 0 Å². The Bertz CT molecular complexity index is 358. The number of aromatic nitrogens is 2. The van der Waals surface area contributed by atoms with Crippen LogP contribution in [0.5, 0.6) is 0 Å². The van der Waals surface area contributed by atoms with Gasteiger partial charge in [-0.05, 0) is 19.3 Å². The number of hydrogen-bond acceptors (Lipinski definition) is 4. The van der Waals surface area contributed by atoms with Gasteiger partial charge in [0, 0.05) is 31.5 Å². The second kappa shape index (κ2) is 5.84. The van der Waals surface area contributed by atoms with Gasteiger partial charge in [-0.25, -0.2) is 9.97 Å². The molecule has 0 spiro atoms. The summed E-state index contributed by atoms with van der Waals surface area (Å²) in [5.74, 6) is 2.48. The maximum absolute atomic E-state index is 5.97. The van der Waals surface area contributed by atoms with E-state index in [2.05, 4.69) is 9.97 Å². The van der Waals surface area contributed by atoms with Crippen LogP contribution in [0, 0.1) is 0 Å². The van der Waals surface area contributed by atoms with E-state index in [1.165, 1.54) is 12.8 Å². The van der Waals surface area contributed by atoms with E-state index < -0.39 is 0 Å². The Morgan fingerprint density at radius 1 is 1.50 bits per heavy atom. The van der Waals surface area contributed by atoms with Crippen molar-refractivity contribution in [2.24, 2.45) is 0 Å². The van der Waals surface area contributed by atoms with Crippen LogP contribution < -0.4 is 0 Å². The van der Waals surface area contributed by atoms with E-state index in [0.29, 0.717) is 11.1 Å². The normalized spacial score (nSPS) is 15.4. The highest BCUT2D eigenvalue weighted by molar-refractivity contribution is 7.99. The summed E-state index contributed by atoms with van der Waals surface area (Å²) >= 11 is 7.69. The standard InChI is InChI=1S/C11H15ClN2OS/c1-15-5-2-6-16-10-7-9(12)13-11(14-10)8-3-4-8/h7-8H,2-6H2,1H3. The monoisotopic (exact) mass is 258 g/mol. The number of methoxy groups -OCH3 is 1. The molecule has 0 aliphatic heterocycles. The molecular weight excluding hydrogens is 244 g/mol. The van der Waals surface area contributed by atoms with Crippen molar-refractivity contribution in [3.8, 4) is 0 Å². The van der Waals surface area contributed by atoms with Gasteiger partial charge in [0.25, 0.3) is 0 Å². The maximum atomic E-state index is 5.97. The molecule has 1 aromatic heterocycles. The van der Waals surface area contributed by atoms with Crippen molar-refractivity contribution in [2.45, 2.75) is 30.2 Å². The molecular formula is C11H15ClN2OS. The minimum Gasteiger partial charge on any atom is -0.385 e. The fourth-order valence-electron chi connectivity index (χ4n) is 1.39. The Hall–Kier alpha value is -0.320. The van der Waals surface area contributed by atoms with Gasteiger partial charge in [-0.2, -0.15) is 0 Å². The Morgan fingerprint density at radius 2 is 2.31 bits per heavy atom. The van der Waals surface area contributed by atoms with Crippen molar-refractivity contribution in [3.63, 3.8) is 0 Å². The quantitative estimate of drug-likeness (QED) is 0.446. The largest absolute Gasteiger partial charge is 0.385 e. The second-order valence-corrected chi connectivity index (χ2v) is 5.36. The number of hydrogen-bond donors (Lipinski definition) is 0. The molecule has 1 fully saturated rings. The van der Waals surface area contributed by atoms with Gasteiger partial charge >= 0.3 is 0 Å². The zero-order chi connectivity index (χ0) is 11.4. The summed E-state index contributed by atoms with van der Waals surface area (Å²) < 4.78 is 5.00. The van der Waals surface area contributed by atoms with E-state index in [9.17, 15) is 0 Å². The topological polar surface area (TPSA) is 35.0 Å². The van der Waals surface area contributed by atoms with Crippen molar-refractivity contribution in [1.82, 2.24) is 9.97 Å². The van der Waals surface area contributed by atoms with E-state index in [1.807, 2.05) is 6.07 Å². The molecule has 0 bridgehead atoms. The average molecular weight is 259 g/mol. The third kappa shape index (κ3) is 3.61. The zero-order valence-corrected chi connectivity index (χ0v) is 10.9. The average Bonchev–Trinajstić information content (AvgIpc) is 3.07. The van der Waals surface area contributed by atoms with E-state index in [1.54, 1.807) is 18.9 Å². The molecule has 3 nitrogen and oxygen atoms in total. The Morgan fingerprint density at radius 3 is 3.00 bits per heavy atom. The van der Waals surface area contributed by atoms with Gasteiger partial charge < -0.3 is 4.74 Å². The molecule has 0 N–H and O–H groups in total. The number of halogens is 1. The number of ether oxygens (including phenoxy) is 1. The molecule has 1 aliphatic carbocycles. The number of nitrogens with zero attached hydrogens (tertiary/aromatic N) is 2. The van der Waals surface area contributed by atoms with Crippen LogP contribution in [0.1, 0.15) is 31.0 Å². The summed E-state index contributed by atoms with van der Waals surface area (Å²) in [6, 6.07) is 1.84. The molecule has 0 atom stereocenters. The lowest BCUT2D eigenvalue weighted by Gasteiger charge is -2.03. The van der Waals surface area contributed by atoms with Crippen LogP contribution >= 0.6 is 23.4 Å². The van der Waals surface area contributed by atoms with Gasteiger partial charge in [0.2, 0.25) is 0 Å². The zero-order valence-electron chi connectivity index (χ0n) is 9.28. The van der Waals surface area contributed by atoms with E-state index in [0.717, 1.165) is 29.6 Å². The molecule has 1 aromatic rings. The van der Waals surface area contributed by atoms with Crippen LogP contribution in [0.25, 0.3) is 0 Å². The highest BCUT2D eigenvalue weighted by atomic mass is 35.5. The van der Waals surface area contributed by atoms with Crippen molar-refractivity contribution in [3.05, 3.63) is 17.0 Å². The third-order valence-corrected chi connectivity index (χ3v) is 3.57. The summed E-state index contributed by atoms with van der Waals surface area (Å²) in [5, 5.41) is 1.55. The molecule has 0 aromatic carbocycles. The molecule has 88 valence electrons. The third-order valence-electron chi connectivity index (χ3n) is 2.37. The Kier molecular flexibility index (Phi) is 4.44. The van der Waals surface area contributed by atoms with E-state index >= 15 is 0 Å². The number of thioether (sulfide) groups is 1. The van der Waals surface area contributed by atoms with Crippen molar-refractivity contribution >= 4 is 23.4 Å². The van der Waals surface area contributed by atoms with Crippen molar-refractivity contribution in [2.75, 3.05) is 19.5 Å². The first-order valence-electron chi connectivity index (χ1n) is 5.46. The molecule has 2 rings (SSSR count). The molecule has 5 heteroatoms. The highest BCUT2D eigenvalue weighted by Gasteiger charge is 2.27. The second-order valence-electron chi connectivity index (χ2n) is 3.86. The first-order valence-corrected chi connectivity index (χ1v) is 6.82. The van der Waals surface area contributed by atoms with E-state index in [4.69, 9.17) is 16.3 Å². The van der Waals surface area contributed by atoms with Crippen LogP contribution in [0.2, 0.25) is 5.15 Å². The molecule has 16 heavy (non-hydrogen) atoms. The minimum absolute atomic E-state index is 0.553. The lowest BCUT2D eigenvalue weighted by atomic mass is 10.4. The molecule has 1 aliphatic rings. The van der Waals surface area contributed by atoms with E-state index in [-0.39, 0.29) is 0 Å². The predicted octanol–water partition coefficient (Wildman–Crippen LogP) is 3.14. The van der Waals surface area contributed by atoms with Crippen LogP contribution in [-0.2, 0) is 4.74 Å². The summed E-state index contributed by atoms with van der Waals surface area (Å²) in [6.45, 7) is 0.793. The maximum Gasteiger partial charge on any atom is 0.134 e. The van der Waals surface area contributed by atoms with Gasteiger partial charge in [-0.3, -0.25) is 0 Å². The van der Waals surface area contributed by atoms with Crippen LogP contribution in [0.3, 0.4) is 0 Å². The van der Waals surface area contributed by atoms with Crippen LogP contribution in [0.4, 0.5) is 0 Å². The molecule has 0 saturated heterocycles. The van der Waals surface area contributed by atoms with Gasteiger partial charge in [-0.15, -0.1) is 11.8 Å². The summed E-state index contributed by atoms with van der Waals surface area (Å²) in [6.07, 6.45) is 3.43. The predicted molar refractivity (Wildman–Crippen MR) is 66.2 cm³/mol. The molecule has 0 unspecified atom stereocenters. The van der Waals surface area contributed by atoms with Crippen molar-refractivity contribution in [1.29, 1.82) is 0 Å². The summed E-state index contributed by atoms with van der Waals surface area (Å²) in [5.41, 5.74) is 0. The smallest absolute Gasteiger partial charge is 0.134 e. The van der Waals surface area contributed by atoms with Crippen LogP contribution in [-0.4, -0.2) is 29.4 Å². The van der Waals surface area contributed by atoms with Gasteiger partial charge in [0.15, 0.2) is 0 Å².